The molecular weight excluding hydrogens is 328 g/mol. The average Bonchev–Trinajstić information content (AvgIpc) is 2.61. The third-order valence-corrected chi connectivity index (χ3v) is 4.99. The molecule has 25 heavy (non-hydrogen) atoms. The van der Waals surface area contributed by atoms with Crippen LogP contribution in [0.25, 0.3) is 0 Å². The van der Waals surface area contributed by atoms with Crippen LogP contribution >= 0.6 is 0 Å². The van der Waals surface area contributed by atoms with E-state index in [0.29, 0.717) is 6.42 Å². The Kier molecular flexibility index (Phi) is 10.1. The van der Waals surface area contributed by atoms with Crippen LogP contribution in [-0.2, 0) is 9.53 Å². The van der Waals surface area contributed by atoms with E-state index >= 15 is 0 Å². The van der Waals surface area contributed by atoms with Crippen LogP contribution < -0.4 is 0 Å². The van der Waals surface area contributed by atoms with Gasteiger partial charge in [-0.2, -0.15) is 0 Å². The second-order valence-corrected chi connectivity index (χ2v) is 6.98. The molecule has 7 heteroatoms. The number of Topliss-reactive ketones (excluding diaryl/α,β-unsaturated/α-hetero) is 1. The van der Waals surface area contributed by atoms with Crippen molar-refractivity contribution in [2.45, 2.75) is 101 Å². The number of hydrogen-bond donors (Lipinski definition) is 5. The summed E-state index contributed by atoms with van der Waals surface area (Å²) < 4.78 is 5.01. The van der Waals surface area contributed by atoms with Crippen molar-refractivity contribution in [3.63, 3.8) is 0 Å². The highest BCUT2D eigenvalue weighted by Gasteiger charge is 2.56. The molecule has 0 radical (unpaired) electrons. The minimum atomic E-state index is -2.09. The summed E-state index contributed by atoms with van der Waals surface area (Å²) in [7, 11) is 0. The molecule has 0 aromatic carbocycles. The molecule has 1 heterocycles. The Bertz CT molecular complexity index is 390. The smallest absolute Gasteiger partial charge is 0.185 e. The number of ketones is 1. The number of rotatable bonds is 12. The van der Waals surface area contributed by atoms with Crippen LogP contribution in [0.15, 0.2) is 0 Å². The number of ether oxygens (including phenoxy) is 1. The van der Waals surface area contributed by atoms with E-state index in [1.807, 2.05) is 0 Å². The molecule has 0 aromatic heterocycles. The Morgan fingerprint density at radius 1 is 0.880 bits per heavy atom. The van der Waals surface area contributed by atoms with Gasteiger partial charge < -0.3 is 30.3 Å². The van der Waals surface area contributed by atoms with E-state index in [1.54, 1.807) is 0 Å². The second-order valence-electron chi connectivity index (χ2n) is 6.98. The summed E-state index contributed by atoms with van der Waals surface area (Å²) in [6.45, 7) is 1.31. The molecule has 1 aliphatic rings. The highest BCUT2D eigenvalue weighted by molar-refractivity contribution is 5.88. The monoisotopic (exact) mass is 362 g/mol. The molecule has 0 bridgehead atoms. The van der Waals surface area contributed by atoms with Crippen LogP contribution in [0.4, 0.5) is 0 Å². The van der Waals surface area contributed by atoms with Gasteiger partial charge in [-0.15, -0.1) is 0 Å². The maximum atomic E-state index is 12.4. The van der Waals surface area contributed by atoms with Gasteiger partial charge in [-0.1, -0.05) is 58.3 Å². The standard InChI is InChI=1S/C18H34O7/c1-2-3-4-5-6-7-8-9-10-11-13(20)18(12-19)16(23)14(21)15(22)17(24)25-18/h14-17,19,21-24H,2-12H2,1H3/t14-,15-,16-,17?,18+/m1/s1. The Morgan fingerprint density at radius 2 is 1.40 bits per heavy atom. The van der Waals surface area contributed by atoms with Crippen molar-refractivity contribution >= 4 is 5.78 Å². The van der Waals surface area contributed by atoms with Crippen molar-refractivity contribution in [1.82, 2.24) is 0 Å². The van der Waals surface area contributed by atoms with Gasteiger partial charge in [0, 0.05) is 6.42 Å². The maximum Gasteiger partial charge on any atom is 0.185 e. The molecule has 0 amide bonds. The van der Waals surface area contributed by atoms with Crippen LogP contribution in [0.3, 0.4) is 0 Å². The molecule has 5 N–H and O–H groups in total. The van der Waals surface area contributed by atoms with E-state index in [9.17, 15) is 30.3 Å². The molecule has 0 aromatic rings. The molecule has 148 valence electrons. The highest BCUT2D eigenvalue weighted by atomic mass is 16.7. The number of carbonyl (C=O) groups excluding carboxylic acids is 1. The summed E-state index contributed by atoms with van der Waals surface area (Å²) in [5.41, 5.74) is -2.09. The zero-order chi connectivity index (χ0) is 18.9. The normalized spacial score (nSPS) is 32.7. The fraction of sp³-hybridized carbons (Fsp3) is 0.944. The van der Waals surface area contributed by atoms with Crippen molar-refractivity contribution in [2.24, 2.45) is 0 Å². The average molecular weight is 362 g/mol. The predicted octanol–water partition coefficient (Wildman–Crippen LogP) is 0.639. The first kappa shape index (κ1) is 22.5. The first-order valence-corrected chi connectivity index (χ1v) is 9.45. The largest absolute Gasteiger partial charge is 0.393 e. The van der Waals surface area contributed by atoms with Gasteiger partial charge in [0.15, 0.2) is 17.7 Å². The van der Waals surface area contributed by atoms with E-state index in [2.05, 4.69) is 6.92 Å². The number of hydrogen-bond acceptors (Lipinski definition) is 7. The molecule has 1 unspecified atom stereocenters. The van der Waals surface area contributed by atoms with Crippen molar-refractivity contribution in [2.75, 3.05) is 6.61 Å². The van der Waals surface area contributed by atoms with Gasteiger partial charge in [0.1, 0.15) is 18.3 Å². The van der Waals surface area contributed by atoms with Crippen molar-refractivity contribution < 1.29 is 35.1 Å². The maximum absolute atomic E-state index is 12.4. The lowest BCUT2D eigenvalue weighted by Crippen LogP contribution is -2.69. The molecular formula is C18H34O7. The predicted molar refractivity (Wildman–Crippen MR) is 91.8 cm³/mol. The minimum Gasteiger partial charge on any atom is -0.393 e. The van der Waals surface area contributed by atoms with Crippen LogP contribution in [0.5, 0.6) is 0 Å². The lowest BCUT2D eigenvalue weighted by molar-refractivity contribution is -0.315. The van der Waals surface area contributed by atoms with Gasteiger partial charge >= 0.3 is 0 Å². The molecule has 0 saturated carbocycles. The van der Waals surface area contributed by atoms with Crippen LogP contribution in [-0.4, -0.2) is 68.1 Å². The van der Waals surface area contributed by atoms with Crippen LogP contribution in [0.2, 0.25) is 0 Å². The van der Waals surface area contributed by atoms with Crippen LogP contribution in [0, 0.1) is 0 Å². The molecule has 1 saturated heterocycles. The number of unbranched alkanes of at least 4 members (excludes halogenated alkanes) is 8. The quantitative estimate of drug-likeness (QED) is 0.322. The van der Waals surface area contributed by atoms with Gasteiger partial charge in [0.25, 0.3) is 0 Å². The van der Waals surface area contributed by atoms with E-state index < -0.39 is 42.6 Å². The molecule has 0 aliphatic carbocycles. The van der Waals surface area contributed by atoms with Gasteiger partial charge in [0.05, 0.1) is 6.61 Å². The van der Waals surface area contributed by atoms with Gasteiger partial charge in [0.2, 0.25) is 0 Å². The van der Waals surface area contributed by atoms with E-state index in [0.717, 1.165) is 19.3 Å². The van der Waals surface area contributed by atoms with Crippen LogP contribution in [0.1, 0.15) is 71.1 Å². The Balaban J connectivity index is 2.36. The zero-order valence-corrected chi connectivity index (χ0v) is 15.1. The van der Waals surface area contributed by atoms with Crippen molar-refractivity contribution in [3.05, 3.63) is 0 Å². The number of aliphatic hydroxyl groups excluding tert-OH is 5. The summed E-state index contributed by atoms with van der Waals surface area (Å²) in [6.07, 6.45) is 2.71. The van der Waals surface area contributed by atoms with E-state index in [1.165, 1.54) is 32.1 Å². The topological polar surface area (TPSA) is 127 Å². The Labute approximate surface area is 149 Å². The van der Waals surface area contributed by atoms with Crippen molar-refractivity contribution in [1.29, 1.82) is 0 Å². The lowest BCUT2D eigenvalue weighted by atomic mass is 9.82. The summed E-state index contributed by atoms with van der Waals surface area (Å²) in [5.74, 6) is -0.574. The summed E-state index contributed by atoms with van der Waals surface area (Å²) >= 11 is 0. The number of aliphatic hydroxyl groups is 5. The summed E-state index contributed by atoms with van der Waals surface area (Å²) in [5, 5.41) is 48.5. The third kappa shape index (κ3) is 5.98. The fourth-order valence-corrected chi connectivity index (χ4v) is 3.24. The number of carbonyl (C=O) groups is 1. The van der Waals surface area contributed by atoms with Gasteiger partial charge in [-0.05, 0) is 6.42 Å². The van der Waals surface area contributed by atoms with Gasteiger partial charge in [-0.25, -0.2) is 0 Å². The minimum absolute atomic E-state index is 0.0724. The first-order valence-electron chi connectivity index (χ1n) is 9.45. The second kappa shape index (κ2) is 11.2. The lowest BCUT2D eigenvalue weighted by Gasteiger charge is -2.45. The SMILES string of the molecule is CCCCCCCCCCCC(=O)[C@]1(CO)OC(O)[C@H](O)[C@@H](O)[C@H]1O. The molecule has 5 atom stereocenters. The Morgan fingerprint density at radius 3 is 1.92 bits per heavy atom. The van der Waals surface area contributed by atoms with Crippen molar-refractivity contribution in [3.8, 4) is 0 Å². The van der Waals surface area contributed by atoms with E-state index in [-0.39, 0.29) is 6.42 Å². The first-order chi connectivity index (χ1) is 11.9. The van der Waals surface area contributed by atoms with Gasteiger partial charge in [-0.3, -0.25) is 4.79 Å². The summed E-state index contributed by atoms with van der Waals surface area (Å²) in [4.78, 5) is 12.4. The molecule has 7 nitrogen and oxygen atoms in total. The molecule has 1 fully saturated rings. The van der Waals surface area contributed by atoms with E-state index in [4.69, 9.17) is 4.74 Å². The Hall–Kier alpha value is -0.570. The molecule has 0 spiro atoms. The summed E-state index contributed by atoms with van der Waals surface area (Å²) in [6, 6.07) is 0. The molecule has 1 rings (SSSR count). The highest BCUT2D eigenvalue weighted by Crippen LogP contribution is 2.31. The zero-order valence-electron chi connectivity index (χ0n) is 15.1. The molecule has 1 aliphatic heterocycles. The third-order valence-electron chi connectivity index (χ3n) is 4.99. The fourth-order valence-electron chi connectivity index (χ4n) is 3.24.